The summed E-state index contributed by atoms with van der Waals surface area (Å²) < 4.78 is 40.9. The Morgan fingerprint density at radius 1 is 1.26 bits per heavy atom. The quantitative estimate of drug-likeness (QED) is 0.393. The van der Waals surface area contributed by atoms with Gasteiger partial charge in [-0.25, -0.2) is 0 Å². The molecule has 7 nitrogen and oxygen atoms in total. The predicted molar refractivity (Wildman–Crippen MR) is 122 cm³/mol. The number of aryl methyl sites for hydroxylation is 1. The normalized spacial score (nSPS) is 15.9. The first-order valence-corrected chi connectivity index (χ1v) is 11.6. The number of carboxylic acid groups (broad SMARTS) is 1. The number of alkyl halides is 3. The van der Waals surface area contributed by atoms with Crippen LogP contribution in [0.15, 0.2) is 30.3 Å². The number of likely N-dealkylation sites (tertiary alicyclic amines) is 1. The zero-order valence-corrected chi connectivity index (χ0v) is 19.7. The van der Waals surface area contributed by atoms with E-state index in [4.69, 9.17) is 9.90 Å². The highest BCUT2D eigenvalue weighted by molar-refractivity contribution is 7.16. The zero-order chi connectivity index (χ0) is 25.3. The number of amides is 1. The number of anilines is 1. The highest BCUT2D eigenvalue weighted by atomic mass is 32.1. The number of ether oxygens (including phenoxy) is 1. The number of hydrogen-bond acceptors (Lipinski definition) is 6. The lowest BCUT2D eigenvalue weighted by Crippen LogP contribution is -2.36. The first-order chi connectivity index (χ1) is 16.1. The SMILES string of the molecule is CCc1cc(C(=O)c2ccc(OC(F)(F)F)cc2)c(NC(=O)CN2CCCC2CC)s1.O=CO. The van der Waals surface area contributed by atoms with Gasteiger partial charge in [0.15, 0.2) is 5.78 Å². The molecule has 2 N–H and O–H groups in total. The maximum absolute atomic E-state index is 13.0. The number of rotatable bonds is 8. The van der Waals surface area contributed by atoms with Crippen LogP contribution in [-0.2, 0) is 16.0 Å². The lowest BCUT2D eigenvalue weighted by atomic mass is 10.0. The van der Waals surface area contributed by atoms with Gasteiger partial charge in [-0.3, -0.25) is 19.3 Å². The van der Waals surface area contributed by atoms with E-state index >= 15 is 0 Å². The van der Waals surface area contributed by atoms with Crippen LogP contribution < -0.4 is 10.1 Å². The van der Waals surface area contributed by atoms with Gasteiger partial charge in [-0.1, -0.05) is 13.8 Å². The molecule has 1 aliphatic rings. The second-order valence-corrected chi connectivity index (χ2v) is 8.68. The Balaban J connectivity index is 0.00000129. The number of hydrogen-bond donors (Lipinski definition) is 2. The molecule has 1 aromatic heterocycles. The van der Waals surface area contributed by atoms with E-state index in [0.29, 0.717) is 23.0 Å². The van der Waals surface area contributed by atoms with Crippen molar-refractivity contribution in [3.63, 3.8) is 0 Å². The van der Waals surface area contributed by atoms with Crippen molar-refractivity contribution in [3.8, 4) is 5.75 Å². The largest absolute Gasteiger partial charge is 0.573 e. The molecule has 186 valence electrons. The first kappa shape index (κ1) is 27.3. The van der Waals surface area contributed by atoms with Gasteiger partial charge in [-0.05, 0) is 62.6 Å². The van der Waals surface area contributed by atoms with Gasteiger partial charge in [0.2, 0.25) is 5.91 Å². The van der Waals surface area contributed by atoms with Crippen LogP contribution in [0.25, 0.3) is 0 Å². The van der Waals surface area contributed by atoms with Crippen LogP contribution in [0.3, 0.4) is 0 Å². The molecule has 0 bridgehead atoms. The van der Waals surface area contributed by atoms with Crippen molar-refractivity contribution in [1.29, 1.82) is 0 Å². The standard InChI is InChI=1S/C22H25F3N2O3S.CH2O2/c1-3-15-6-5-11-27(15)13-19(28)26-21-18(12-17(4-2)31-21)20(29)14-7-9-16(10-8-14)30-22(23,24)25;2-1-3/h7-10,12,15H,3-6,11,13H2,1-2H3,(H,26,28);1H,(H,2,3). The summed E-state index contributed by atoms with van der Waals surface area (Å²) in [7, 11) is 0. The van der Waals surface area contributed by atoms with Gasteiger partial charge in [-0.2, -0.15) is 0 Å². The van der Waals surface area contributed by atoms with E-state index in [1.165, 1.54) is 23.5 Å². The molecular weight excluding hydrogens is 473 g/mol. The van der Waals surface area contributed by atoms with Crippen LogP contribution in [0.4, 0.5) is 18.2 Å². The molecule has 0 aliphatic carbocycles. The summed E-state index contributed by atoms with van der Waals surface area (Å²) >= 11 is 1.34. The third-order valence-electron chi connectivity index (χ3n) is 5.30. The molecule has 1 fully saturated rings. The average Bonchev–Trinajstić information content (AvgIpc) is 3.39. The molecule has 34 heavy (non-hydrogen) atoms. The summed E-state index contributed by atoms with van der Waals surface area (Å²) in [5.74, 6) is -0.932. The monoisotopic (exact) mass is 500 g/mol. The highest BCUT2D eigenvalue weighted by Gasteiger charge is 2.31. The van der Waals surface area contributed by atoms with Crippen LogP contribution >= 0.6 is 11.3 Å². The molecule has 1 atom stereocenters. The Hall–Kier alpha value is -2.92. The minimum absolute atomic E-state index is 0.173. The van der Waals surface area contributed by atoms with Crippen LogP contribution in [0.5, 0.6) is 5.75 Å². The van der Waals surface area contributed by atoms with Crippen molar-refractivity contribution >= 4 is 34.5 Å². The van der Waals surface area contributed by atoms with Gasteiger partial charge >= 0.3 is 6.36 Å². The third kappa shape index (κ3) is 7.84. The minimum atomic E-state index is -4.79. The predicted octanol–water partition coefficient (Wildman–Crippen LogP) is 4.95. The smallest absolute Gasteiger partial charge is 0.483 e. The maximum atomic E-state index is 13.0. The average molecular weight is 501 g/mol. The Bertz CT molecular complexity index is 976. The minimum Gasteiger partial charge on any atom is -0.483 e. The van der Waals surface area contributed by atoms with Gasteiger partial charge in [0.1, 0.15) is 10.8 Å². The molecule has 3 rings (SSSR count). The van der Waals surface area contributed by atoms with Crippen molar-refractivity contribution < 1.29 is 37.4 Å². The lowest BCUT2D eigenvalue weighted by Gasteiger charge is -2.22. The number of ketones is 1. The van der Waals surface area contributed by atoms with Gasteiger partial charge in [0, 0.05) is 16.5 Å². The summed E-state index contributed by atoms with van der Waals surface area (Å²) in [4.78, 5) is 37.1. The Kier molecular flexibility index (Phi) is 10.1. The summed E-state index contributed by atoms with van der Waals surface area (Å²) in [5.41, 5.74) is 0.559. The van der Waals surface area contributed by atoms with Crippen LogP contribution in [-0.4, -0.2) is 53.7 Å². The molecule has 1 amide bonds. The summed E-state index contributed by atoms with van der Waals surface area (Å²) in [5, 5.41) is 10.2. The van der Waals surface area contributed by atoms with Crippen LogP contribution in [0.2, 0.25) is 0 Å². The van der Waals surface area contributed by atoms with E-state index in [1.807, 2.05) is 6.92 Å². The van der Waals surface area contributed by atoms with E-state index in [2.05, 4.69) is 21.9 Å². The molecule has 1 aliphatic heterocycles. The second-order valence-electron chi connectivity index (χ2n) is 7.54. The van der Waals surface area contributed by atoms with Crippen LogP contribution in [0, 0.1) is 0 Å². The topological polar surface area (TPSA) is 95.9 Å². The van der Waals surface area contributed by atoms with Crippen molar-refractivity contribution in [1.82, 2.24) is 4.90 Å². The number of thiophene rings is 1. The van der Waals surface area contributed by atoms with Gasteiger partial charge in [-0.15, -0.1) is 24.5 Å². The number of carbonyl (C=O) groups is 3. The van der Waals surface area contributed by atoms with Crippen molar-refractivity contribution in [2.24, 2.45) is 0 Å². The Morgan fingerprint density at radius 2 is 1.91 bits per heavy atom. The number of nitrogens with one attached hydrogen (secondary N) is 1. The zero-order valence-electron chi connectivity index (χ0n) is 18.9. The second kappa shape index (κ2) is 12.5. The fourth-order valence-corrected chi connectivity index (χ4v) is 4.77. The fourth-order valence-electron chi connectivity index (χ4n) is 3.76. The number of carbonyl (C=O) groups excluding carboxylic acids is 2. The van der Waals surface area contributed by atoms with Crippen LogP contribution in [0.1, 0.15) is 53.9 Å². The number of nitrogens with zero attached hydrogens (tertiary/aromatic N) is 1. The Labute approximate surface area is 199 Å². The molecule has 0 saturated carbocycles. The fraction of sp³-hybridized carbons (Fsp3) is 0.435. The third-order valence-corrected chi connectivity index (χ3v) is 6.49. The van der Waals surface area contributed by atoms with Crippen molar-refractivity contribution in [2.45, 2.75) is 51.9 Å². The molecule has 11 heteroatoms. The van der Waals surface area contributed by atoms with Crippen molar-refractivity contribution in [3.05, 3.63) is 46.3 Å². The first-order valence-electron chi connectivity index (χ1n) is 10.8. The maximum Gasteiger partial charge on any atom is 0.573 e. The summed E-state index contributed by atoms with van der Waals surface area (Å²) in [6, 6.07) is 6.91. The molecule has 2 heterocycles. The summed E-state index contributed by atoms with van der Waals surface area (Å²) in [6.07, 6.45) is -0.950. The van der Waals surface area contributed by atoms with Gasteiger partial charge < -0.3 is 15.2 Å². The molecule has 0 spiro atoms. The number of benzene rings is 1. The molecule has 0 radical (unpaired) electrons. The van der Waals surface area contributed by atoms with E-state index in [-0.39, 0.29) is 30.3 Å². The van der Waals surface area contributed by atoms with E-state index in [1.54, 1.807) is 6.07 Å². The lowest BCUT2D eigenvalue weighted by molar-refractivity contribution is -0.274. The van der Waals surface area contributed by atoms with Gasteiger partial charge in [0.05, 0.1) is 12.1 Å². The molecule has 2 aromatic rings. The number of halogens is 3. The molecule has 1 saturated heterocycles. The highest BCUT2D eigenvalue weighted by Crippen LogP contribution is 2.32. The van der Waals surface area contributed by atoms with Crippen molar-refractivity contribution in [2.75, 3.05) is 18.4 Å². The summed E-state index contributed by atoms with van der Waals surface area (Å²) in [6.45, 7) is 4.96. The van der Waals surface area contributed by atoms with E-state index in [0.717, 1.165) is 42.8 Å². The van der Waals surface area contributed by atoms with Gasteiger partial charge in [0.25, 0.3) is 6.47 Å². The van der Waals surface area contributed by atoms with E-state index < -0.39 is 12.1 Å². The molecule has 1 unspecified atom stereocenters. The molecular formula is C23H27F3N2O5S. The van der Waals surface area contributed by atoms with E-state index in [9.17, 15) is 22.8 Å². The molecule has 1 aromatic carbocycles. The Morgan fingerprint density at radius 3 is 2.47 bits per heavy atom.